The molecule has 24 heavy (non-hydrogen) atoms. The quantitative estimate of drug-likeness (QED) is 0.615. The van der Waals surface area contributed by atoms with Gasteiger partial charge in [-0.2, -0.15) is 4.98 Å². The summed E-state index contributed by atoms with van der Waals surface area (Å²) in [7, 11) is 0. The zero-order valence-corrected chi connectivity index (χ0v) is 15.8. The number of nitrogens with two attached hydrogens (primary N) is 1. The summed E-state index contributed by atoms with van der Waals surface area (Å²) < 4.78 is 1.08. The minimum absolute atomic E-state index is 0.253. The number of thiophene rings is 2. The largest absolute Gasteiger partial charge is 0.364 e. The van der Waals surface area contributed by atoms with Crippen molar-refractivity contribution in [3.8, 4) is 0 Å². The van der Waals surface area contributed by atoms with Gasteiger partial charge in [-0.05, 0) is 60.7 Å². The second kappa shape index (κ2) is 6.59. The number of nitrogens with zero attached hydrogens (tertiary/aromatic N) is 2. The van der Waals surface area contributed by atoms with Gasteiger partial charge in [0.1, 0.15) is 5.82 Å². The number of fused-ring (bicyclic) bond motifs is 1. The standard InChI is InChI=1S/C17H19ClN4S2/c1-9-13(7-12(19)10-4-5-10)24-15-14(9)21-17(18)22-16(15)20-8-11-3-2-6-23-11/h2-3,6,10,12H,4-5,7-8,19H2,1H3,(H,20,21,22). The average Bonchev–Trinajstić information content (AvgIpc) is 3.21. The van der Waals surface area contributed by atoms with E-state index in [0.717, 1.165) is 29.0 Å². The molecule has 1 unspecified atom stereocenters. The van der Waals surface area contributed by atoms with Crippen LogP contribution >= 0.6 is 34.3 Å². The smallest absolute Gasteiger partial charge is 0.224 e. The Hall–Kier alpha value is -1.21. The highest BCUT2D eigenvalue weighted by Crippen LogP contribution is 2.38. The molecule has 4 rings (SSSR count). The maximum Gasteiger partial charge on any atom is 0.224 e. The van der Waals surface area contributed by atoms with E-state index in [0.29, 0.717) is 5.92 Å². The Morgan fingerprint density at radius 3 is 2.96 bits per heavy atom. The van der Waals surface area contributed by atoms with Crippen LogP contribution in [0.25, 0.3) is 10.2 Å². The molecule has 0 spiro atoms. The van der Waals surface area contributed by atoms with E-state index in [1.165, 1.54) is 28.2 Å². The molecule has 0 bridgehead atoms. The average molecular weight is 379 g/mol. The van der Waals surface area contributed by atoms with Gasteiger partial charge in [0.05, 0.1) is 16.8 Å². The summed E-state index contributed by atoms with van der Waals surface area (Å²) in [5, 5.41) is 5.78. The highest BCUT2D eigenvalue weighted by Gasteiger charge is 2.29. The van der Waals surface area contributed by atoms with Gasteiger partial charge in [0.2, 0.25) is 5.28 Å². The fraction of sp³-hybridized carbons (Fsp3) is 0.412. The summed E-state index contributed by atoms with van der Waals surface area (Å²) in [6, 6.07) is 4.41. The van der Waals surface area contributed by atoms with Crippen LogP contribution in [0.1, 0.15) is 28.2 Å². The van der Waals surface area contributed by atoms with Gasteiger partial charge < -0.3 is 11.1 Å². The number of hydrogen-bond donors (Lipinski definition) is 2. The predicted octanol–water partition coefficient (Wildman–Crippen LogP) is 4.61. The molecule has 1 saturated carbocycles. The molecule has 0 amide bonds. The first kappa shape index (κ1) is 16.3. The molecule has 0 aliphatic heterocycles. The Bertz CT molecular complexity index is 855. The number of anilines is 1. The van der Waals surface area contributed by atoms with Crippen molar-refractivity contribution in [2.45, 2.75) is 38.8 Å². The Labute approximate surface area is 154 Å². The zero-order chi connectivity index (χ0) is 16.7. The van der Waals surface area contributed by atoms with E-state index in [-0.39, 0.29) is 11.3 Å². The van der Waals surface area contributed by atoms with Crippen LogP contribution in [0.2, 0.25) is 5.28 Å². The van der Waals surface area contributed by atoms with E-state index in [4.69, 9.17) is 17.3 Å². The third-order valence-corrected chi connectivity index (χ3v) is 6.85. The molecule has 1 aliphatic rings. The van der Waals surface area contributed by atoms with E-state index in [1.54, 1.807) is 22.7 Å². The van der Waals surface area contributed by atoms with Crippen molar-refractivity contribution in [2.24, 2.45) is 11.7 Å². The molecule has 1 fully saturated rings. The lowest BCUT2D eigenvalue weighted by Crippen LogP contribution is -2.24. The second-order valence-electron chi connectivity index (χ2n) is 6.31. The molecule has 1 atom stereocenters. The Balaban J connectivity index is 1.65. The molecule has 3 aromatic heterocycles. The van der Waals surface area contributed by atoms with Crippen LogP contribution in [0.3, 0.4) is 0 Å². The summed E-state index contributed by atoms with van der Waals surface area (Å²) in [5.41, 5.74) is 8.46. The van der Waals surface area contributed by atoms with Crippen molar-refractivity contribution in [3.05, 3.63) is 38.1 Å². The van der Waals surface area contributed by atoms with Gasteiger partial charge in [0, 0.05) is 15.8 Å². The summed E-state index contributed by atoms with van der Waals surface area (Å²) in [5.74, 6) is 1.51. The van der Waals surface area contributed by atoms with Crippen LogP contribution in [-0.4, -0.2) is 16.0 Å². The molecular formula is C17H19ClN4S2. The lowest BCUT2D eigenvalue weighted by molar-refractivity contribution is 0.595. The molecule has 4 nitrogen and oxygen atoms in total. The summed E-state index contributed by atoms with van der Waals surface area (Å²) in [6.07, 6.45) is 3.45. The first-order valence-electron chi connectivity index (χ1n) is 8.09. The van der Waals surface area contributed by atoms with E-state index in [9.17, 15) is 0 Å². The topological polar surface area (TPSA) is 63.8 Å². The molecular weight excluding hydrogens is 360 g/mol. The first-order chi connectivity index (χ1) is 11.6. The van der Waals surface area contributed by atoms with Crippen molar-refractivity contribution in [2.75, 3.05) is 5.32 Å². The highest BCUT2D eigenvalue weighted by molar-refractivity contribution is 7.19. The molecule has 0 aromatic carbocycles. The maximum absolute atomic E-state index is 6.32. The normalized spacial score (nSPS) is 15.8. The summed E-state index contributed by atoms with van der Waals surface area (Å²) in [4.78, 5) is 11.4. The summed E-state index contributed by atoms with van der Waals surface area (Å²) in [6.45, 7) is 2.86. The Morgan fingerprint density at radius 1 is 1.42 bits per heavy atom. The Morgan fingerprint density at radius 2 is 2.25 bits per heavy atom. The van der Waals surface area contributed by atoms with Crippen LogP contribution in [0, 0.1) is 12.8 Å². The molecule has 1 aliphatic carbocycles. The van der Waals surface area contributed by atoms with E-state index >= 15 is 0 Å². The molecule has 7 heteroatoms. The molecule has 0 radical (unpaired) electrons. The van der Waals surface area contributed by atoms with Crippen molar-refractivity contribution in [3.63, 3.8) is 0 Å². The third-order valence-electron chi connectivity index (χ3n) is 4.50. The number of halogens is 1. The fourth-order valence-electron chi connectivity index (χ4n) is 2.91. The molecule has 3 aromatic rings. The maximum atomic E-state index is 6.32. The fourth-order valence-corrected chi connectivity index (χ4v) is 5.00. The van der Waals surface area contributed by atoms with E-state index in [2.05, 4.69) is 39.7 Å². The van der Waals surface area contributed by atoms with E-state index < -0.39 is 0 Å². The molecule has 3 N–H and O–H groups in total. The van der Waals surface area contributed by atoms with Crippen LogP contribution < -0.4 is 11.1 Å². The number of rotatable bonds is 6. The van der Waals surface area contributed by atoms with Gasteiger partial charge in [-0.15, -0.1) is 22.7 Å². The number of aromatic nitrogens is 2. The van der Waals surface area contributed by atoms with E-state index in [1.807, 2.05) is 0 Å². The van der Waals surface area contributed by atoms with Gasteiger partial charge in [-0.1, -0.05) is 6.07 Å². The monoisotopic (exact) mass is 378 g/mol. The SMILES string of the molecule is Cc1c(CC(N)C2CC2)sc2c(NCc3cccs3)nc(Cl)nc12. The van der Waals surface area contributed by atoms with Crippen molar-refractivity contribution < 1.29 is 0 Å². The molecule has 126 valence electrons. The zero-order valence-electron chi connectivity index (χ0n) is 13.4. The minimum atomic E-state index is 0.253. The van der Waals surface area contributed by atoms with Crippen molar-refractivity contribution >= 4 is 50.3 Å². The van der Waals surface area contributed by atoms with Crippen molar-refractivity contribution in [1.82, 2.24) is 9.97 Å². The van der Waals surface area contributed by atoms with Gasteiger partial charge in [-0.25, -0.2) is 4.98 Å². The lowest BCUT2D eigenvalue weighted by Gasteiger charge is -2.08. The van der Waals surface area contributed by atoms with Crippen LogP contribution in [0.4, 0.5) is 5.82 Å². The number of nitrogens with one attached hydrogen (secondary N) is 1. The first-order valence-corrected chi connectivity index (χ1v) is 10.2. The van der Waals surface area contributed by atoms with Crippen LogP contribution in [-0.2, 0) is 13.0 Å². The van der Waals surface area contributed by atoms with Gasteiger partial charge in [0.25, 0.3) is 0 Å². The van der Waals surface area contributed by atoms with Gasteiger partial charge in [-0.3, -0.25) is 0 Å². The summed E-state index contributed by atoms with van der Waals surface area (Å²) >= 11 is 9.63. The van der Waals surface area contributed by atoms with Crippen LogP contribution in [0.15, 0.2) is 17.5 Å². The predicted molar refractivity (Wildman–Crippen MR) is 103 cm³/mol. The molecule has 3 heterocycles. The second-order valence-corrected chi connectivity index (χ2v) is 8.78. The van der Waals surface area contributed by atoms with Gasteiger partial charge >= 0.3 is 0 Å². The van der Waals surface area contributed by atoms with Crippen LogP contribution in [0.5, 0.6) is 0 Å². The molecule has 0 saturated heterocycles. The number of aryl methyl sites for hydroxylation is 1. The number of hydrogen-bond acceptors (Lipinski definition) is 6. The minimum Gasteiger partial charge on any atom is -0.364 e. The Kier molecular flexibility index (Phi) is 4.47. The highest BCUT2D eigenvalue weighted by atomic mass is 35.5. The van der Waals surface area contributed by atoms with Gasteiger partial charge in [0.15, 0.2) is 0 Å². The lowest BCUT2D eigenvalue weighted by atomic mass is 10.1. The van der Waals surface area contributed by atoms with Crippen molar-refractivity contribution in [1.29, 1.82) is 0 Å². The third kappa shape index (κ3) is 3.28.